The van der Waals surface area contributed by atoms with E-state index >= 15 is 0 Å². The molecule has 4 atom stereocenters. The van der Waals surface area contributed by atoms with E-state index in [0.717, 1.165) is 19.4 Å². The van der Waals surface area contributed by atoms with Crippen molar-refractivity contribution in [2.45, 2.75) is 76.0 Å². The standard InChI is InChI=1S/C35H54N4O8S/c1-25-22-39(26(2)24-40)35(42)31-21-28(36-34(41)12-10-19-37(4)5)13-18-32(31)47-27(3)11-8-9-20-46-33(25)23-38(6)48(43,44)30-16-14-29(45-7)15-17-30/h13-18,21,25-27,33,40H,8-12,19-20,22-24H2,1-7H3,(H,36,41)/t25-,26+,27-,33-/m0/s1. The molecule has 0 bridgehead atoms. The highest BCUT2D eigenvalue weighted by molar-refractivity contribution is 7.89. The lowest BCUT2D eigenvalue weighted by Crippen LogP contribution is -2.48. The number of amides is 2. The summed E-state index contributed by atoms with van der Waals surface area (Å²) in [6.45, 7) is 6.76. The van der Waals surface area contributed by atoms with E-state index in [2.05, 4.69) is 5.32 Å². The Kier molecular flexibility index (Phi) is 15.1. The summed E-state index contributed by atoms with van der Waals surface area (Å²) in [6.07, 6.45) is 2.55. The number of rotatable bonds is 12. The van der Waals surface area contributed by atoms with E-state index in [9.17, 15) is 23.1 Å². The number of ether oxygens (including phenoxy) is 3. The number of sulfonamides is 1. The average molecular weight is 691 g/mol. The van der Waals surface area contributed by atoms with Crippen molar-refractivity contribution < 1.29 is 37.3 Å². The molecule has 1 aliphatic rings. The SMILES string of the molecule is COc1ccc(S(=O)(=O)N(C)C[C@@H]2OCCCC[C@H](C)Oc3ccc(NC(=O)CCCN(C)C)cc3C(=O)N([C@H](C)CO)C[C@@H]2C)cc1. The van der Waals surface area contributed by atoms with E-state index in [1.807, 2.05) is 32.8 Å². The van der Waals surface area contributed by atoms with Gasteiger partial charge in [-0.25, -0.2) is 8.42 Å². The fourth-order valence-electron chi connectivity index (χ4n) is 5.52. The second kappa shape index (κ2) is 18.5. The van der Waals surface area contributed by atoms with Gasteiger partial charge in [0.25, 0.3) is 5.91 Å². The molecule has 2 aromatic rings. The lowest BCUT2D eigenvalue weighted by molar-refractivity contribution is -0.116. The molecule has 0 fully saturated rings. The van der Waals surface area contributed by atoms with Crippen LogP contribution in [0, 0.1) is 5.92 Å². The smallest absolute Gasteiger partial charge is 0.258 e. The number of fused-ring (bicyclic) bond motifs is 1. The predicted octanol–water partition coefficient (Wildman–Crippen LogP) is 4.09. The van der Waals surface area contributed by atoms with Gasteiger partial charge in [0, 0.05) is 44.8 Å². The number of carbonyl (C=O) groups is 2. The third kappa shape index (κ3) is 11.2. The van der Waals surface area contributed by atoms with Crippen molar-refractivity contribution in [3.8, 4) is 11.5 Å². The van der Waals surface area contributed by atoms with Gasteiger partial charge >= 0.3 is 0 Å². The van der Waals surface area contributed by atoms with E-state index in [0.29, 0.717) is 43.1 Å². The van der Waals surface area contributed by atoms with Crippen LogP contribution in [0.4, 0.5) is 5.69 Å². The van der Waals surface area contributed by atoms with Crippen LogP contribution in [0.25, 0.3) is 0 Å². The molecule has 268 valence electrons. The molecule has 0 spiro atoms. The first kappa shape index (κ1) is 39.2. The molecule has 2 N–H and O–H groups in total. The van der Waals surface area contributed by atoms with Crippen LogP contribution in [-0.2, 0) is 19.6 Å². The number of hydrogen-bond acceptors (Lipinski definition) is 9. The lowest BCUT2D eigenvalue weighted by Gasteiger charge is -2.35. The van der Waals surface area contributed by atoms with Crippen LogP contribution >= 0.6 is 0 Å². The van der Waals surface area contributed by atoms with Gasteiger partial charge in [0.2, 0.25) is 15.9 Å². The Bertz CT molecular complexity index is 1440. The number of carbonyl (C=O) groups excluding carboxylic acids is 2. The third-order valence-electron chi connectivity index (χ3n) is 8.55. The quantitative estimate of drug-likeness (QED) is 0.337. The number of aliphatic hydroxyl groups excluding tert-OH is 1. The number of hydrogen-bond donors (Lipinski definition) is 2. The summed E-state index contributed by atoms with van der Waals surface area (Å²) in [4.78, 5) is 30.7. The van der Waals surface area contributed by atoms with Crippen LogP contribution in [0.2, 0.25) is 0 Å². The Morgan fingerprint density at radius 2 is 1.83 bits per heavy atom. The predicted molar refractivity (Wildman–Crippen MR) is 186 cm³/mol. The molecule has 0 aromatic heterocycles. The number of benzene rings is 2. The summed E-state index contributed by atoms with van der Waals surface area (Å²) in [5.41, 5.74) is 0.750. The van der Waals surface area contributed by atoms with E-state index < -0.39 is 22.2 Å². The maximum absolute atomic E-state index is 14.3. The Balaban J connectivity index is 1.92. The van der Waals surface area contributed by atoms with Gasteiger partial charge in [-0.05, 0) is 103 Å². The normalized spacial score (nSPS) is 20.5. The van der Waals surface area contributed by atoms with Gasteiger partial charge in [0.05, 0.1) is 42.4 Å². The zero-order valence-corrected chi connectivity index (χ0v) is 30.3. The first-order chi connectivity index (χ1) is 22.8. The largest absolute Gasteiger partial charge is 0.497 e. The van der Waals surface area contributed by atoms with Crippen molar-refractivity contribution in [2.75, 3.05) is 66.4 Å². The fourth-order valence-corrected chi connectivity index (χ4v) is 6.70. The Morgan fingerprint density at radius 1 is 1.12 bits per heavy atom. The summed E-state index contributed by atoms with van der Waals surface area (Å²) in [6, 6.07) is 10.7. The zero-order valence-electron chi connectivity index (χ0n) is 29.5. The monoisotopic (exact) mass is 690 g/mol. The van der Waals surface area contributed by atoms with Crippen LogP contribution in [0.5, 0.6) is 11.5 Å². The van der Waals surface area contributed by atoms with E-state index in [-0.39, 0.29) is 54.0 Å². The van der Waals surface area contributed by atoms with E-state index in [4.69, 9.17) is 14.2 Å². The molecule has 48 heavy (non-hydrogen) atoms. The van der Waals surface area contributed by atoms with Crippen LogP contribution in [-0.4, -0.2) is 119 Å². The minimum Gasteiger partial charge on any atom is -0.497 e. The number of methoxy groups -OCH3 is 1. The molecule has 12 nitrogen and oxygen atoms in total. The van der Waals surface area contributed by atoms with Crippen molar-refractivity contribution in [3.63, 3.8) is 0 Å². The zero-order chi connectivity index (χ0) is 35.4. The molecule has 0 saturated carbocycles. The third-order valence-corrected chi connectivity index (χ3v) is 10.4. The van der Waals surface area contributed by atoms with Gasteiger partial charge < -0.3 is 34.4 Å². The Hall–Kier alpha value is -3.23. The van der Waals surface area contributed by atoms with Crippen molar-refractivity contribution >= 4 is 27.5 Å². The highest BCUT2D eigenvalue weighted by Crippen LogP contribution is 2.29. The number of aliphatic hydroxyl groups is 1. The first-order valence-corrected chi connectivity index (χ1v) is 18.1. The molecule has 0 radical (unpaired) electrons. The first-order valence-electron chi connectivity index (χ1n) is 16.7. The fraction of sp³-hybridized carbons (Fsp3) is 0.600. The van der Waals surface area contributed by atoms with Crippen molar-refractivity contribution in [1.82, 2.24) is 14.1 Å². The number of nitrogens with one attached hydrogen (secondary N) is 1. The van der Waals surface area contributed by atoms with Crippen LogP contribution < -0.4 is 14.8 Å². The minimum absolute atomic E-state index is 0.0607. The molecule has 13 heteroatoms. The number of anilines is 1. The Labute approximate surface area is 286 Å². The summed E-state index contributed by atoms with van der Waals surface area (Å²) in [5.74, 6) is 0.114. The molecule has 3 rings (SSSR count). The molecule has 0 aliphatic carbocycles. The van der Waals surface area contributed by atoms with Crippen molar-refractivity contribution in [3.05, 3.63) is 48.0 Å². The second-order valence-electron chi connectivity index (χ2n) is 12.9. The van der Waals surface area contributed by atoms with Crippen LogP contribution in [0.1, 0.15) is 63.2 Å². The number of likely N-dealkylation sites (N-methyl/N-ethyl adjacent to an activating group) is 1. The minimum atomic E-state index is -3.84. The van der Waals surface area contributed by atoms with Crippen molar-refractivity contribution in [1.29, 1.82) is 0 Å². The maximum Gasteiger partial charge on any atom is 0.258 e. The summed E-state index contributed by atoms with van der Waals surface area (Å²) in [7, 11) is 3.10. The van der Waals surface area contributed by atoms with Gasteiger partial charge in [0.1, 0.15) is 11.5 Å². The van der Waals surface area contributed by atoms with Gasteiger partial charge in [-0.15, -0.1) is 0 Å². The average Bonchev–Trinajstić information content (AvgIpc) is 3.05. The maximum atomic E-state index is 14.3. The van der Waals surface area contributed by atoms with Gasteiger partial charge in [-0.1, -0.05) is 6.92 Å². The summed E-state index contributed by atoms with van der Waals surface area (Å²) in [5, 5.41) is 13.1. The second-order valence-corrected chi connectivity index (χ2v) is 15.0. The highest BCUT2D eigenvalue weighted by Gasteiger charge is 2.32. The van der Waals surface area contributed by atoms with Crippen molar-refractivity contribution in [2.24, 2.45) is 5.92 Å². The topological polar surface area (TPSA) is 138 Å². The van der Waals surface area contributed by atoms with Crippen LogP contribution in [0.15, 0.2) is 47.4 Å². The highest BCUT2D eigenvalue weighted by atomic mass is 32.2. The van der Waals surface area contributed by atoms with Gasteiger partial charge in [-0.2, -0.15) is 4.31 Å². The molecule has 1 heterocycles. The molecule has 2 aromatic carbocycles. The number of nitrogens with zero attached hydrogens (tertiary/aromatic N) is 3. The van der Waals surface area contributed by atoms with Gasteiger partial charge in [0.15, 0.2) is 0 Å². The molecular weight excluding hydrogens is 636 g/mol. The van der Waals surface area contributed by atoms with E-state index in [1.54, 1.807) is 42.2 Å². The molecule has 0 saturated heterocycles. The lowest BCUT2D eigenvalue weighted by atomic mass is 10.0. The van der Waals surface area contributed by atoms with Crippen LogP contribution in [0.3, 0.4) is 0 Å². The molecule has 0 unspecified atom stereocenters. The Morgan fingerprint density at radius 3 is 2.48 bits per heavy atom. The summed E-state index contributed by atoms with van der Waals surface area (Å²) >= 11 is 0. The van der Waals surface area contributed by atoms with E-state index in [1.165, 1.54) is 30.6 Å². The molecular formula is C35H54N4O8S. The molecule has 1 aliphatic heterocycles. The van der Waals surface area contributed by atoms with Gasteiger partial charge in [-0.3, -0.25) is 9.59 Å². The summed E-state index contributed by atoms with van der Waals surface area (Å²) < 4.78 is 46.1. The molecule has 2 amide bonds.